The van der Waals surface area contributed by atoms with Crippen molar-refractivity contribution < 1.29 is 24.1 Å². The van der Waals surface area contributed by atoms with Gasteiger partial charge in [-0.15, -0.1) is 6.58 Å². The summed E-state index contributed by atoms with van der Waals surface area (Å²) in [6.45, 7) is 7.87. The van der Waals surface area contributed by atoms with Crippen molar-refractivity contribution >= 4 is 5.97 Å². The van der Waals surface area contributed by atoms with Gasteiger partial charge in [-0.25, -0.2) is 4.79 Å². The Morgan fingerprint density at radius 1 is 1.50 bits per heavy atom. The Hall–Kier alpha value is -1.69. The van der Waals surface area contributed by atoms with Crippen molar-refractivity contribution in [2.45, 2.75) is 38.4 Å². The zero-order valence-corrected chi connectivity index (χ0v) is 12.9. The van der Waals surface area contributed by atoms with E-state index in [0.717, 1.165) is 5.56 Å². The van der Waals surface area contributed by atoms with Crippen LogP contribution in [0.1, 0.15) is 19.4 Å². The number of hydrogen-bond acceptors (Lipinski definition) is 4. The zero-order chi connectivity index (χ0) is 16.2. The Balaban J connectivity index is 2.05. The van der Waals surface area contributed by atoms with E-state index in [0.29, 0.717) is 6.61 Å². The van der Waals surface area contributed by atoms with Crippen molar-refractivity contribution in [2.24, 2.45) is 5.92 Å². The first-order valence-electron chi connectivity index (χ1n) is 7.25. The van der Waals surface area contributed by atoms with Gasteiger partial charge in [0.25, 0.3) is 0 Å². The zero-order valence-electron chi connectivity index (χ0n) is 12.9. The molecule has 1 aromatic rings. The number of carboxylic acid groups (broad SMARTS) is 1. The number of carbonyl (C=O) groups is 1. The Morgan fingerprint density at radius 2 is 2.18 bits per heavy atom. The highest BCUT2D eigenvalue weighted by Gasteiger charge is 2.42. The molecule has 0 aliphatic carbocycles. The molecule has 3 atom stereocenters. The van der Waals surface area contributed by atoms with Gasteiger partial charge >= 0.3 is 5.97 Å². The summed E-state index contributed by atoms with van der Waals surface area (Å²) in [5, 5.41) is 9.47. The van der Waals surface area contributed by atoms with E-state index in [1.807, 2.05) is 30.3 Å². The van der Waals surface area contributed by atoms with E-state index in [1.165, 1.54) is 0 Å². The fourth-order valence-electron chi connectivity index (χ4n) is 2.48. The highest BCUT2D eigenvalue weighted by Crippen LogP contribution is 2.30. The third-order valence-corrected chi connectivity index (χ3v) is 3.60. The molecule has 1 saturated heterocycles. The first kappa shape index (κ1) is 16.7. The van der Waals surface area contributed by atoms with E-state index in [4.69, 9.17) is 14.2 Å². The number of aliphatic carboxylic acids is 1. The molecule has 2 unspecified atom stereocenters. The topological polar surface area (TPSA) is 65.0 Å². The summed E-state index contributed by atoms with van der Waals surface area (Å²) in [6.07, 6.45) is 0.156. The maximum absolute atomic E-state index is 11.6. The summed E-state index contributed by atoms with van der Waals surface area (Å²) in [6, 6.07) is 9.45. The van der Waals surface area contributed by atoms with Crippen LogP contribution in [0.2, 0.25) is 0 Å². The van der Waals surface area contributed by atoms with Gasteiger partial charge in [0, 0.05) is 5.92 Å². The van der Waals surface area contributed by atoms with E-state index < -0.39 is 23.8 Å². The van der Waals surface area contributed by atoms with Crippen LogP contribution in [-0.2, 0) is 25.6 Å². The van der Waals surface area contributed by atoms with Gasteiger partial charge in [-0.3, -0.25) is 0 Å². The van der Waals surface area contributed by atoms with E-state index >= 15 is 0 Å². The normalized spacial score (nSPS) is 22.9. The molecule has 0 aromatic heterocycles. The quantitative estimate of drug-likeness (QED) is 0.784. The van der Waals surface area contributed by atoms with Gasteiger partial charge in [-0.05, 0) is 19.4 Å². The van der Waals surface area contributed by atoms with Crippen LogP contribution >= 0.6 is 0 Å². The minimum absolute atomic E-state index is 0.221. The molecular formula is C17H22O5. The van der Waals surface area contributed by atoms with Gasteiger partial charge in [-0.1, -0.05) is 36.4 Å². The number of rotatable bonds is 7. The molecule has 0 bridgehead atoms. The smallest absolute Gasteiger partial charge is 0.333 e. The summed E-state index contributed by atoms with van der Waals surface area (Å²) in [5.41, 5.74) is 0.917. The fraction of sp³-hybridized carbons (Fsp3) is 0.471. The SMILES string of the molecule is C=CC(C(OCc1ccccc1)C(=O)O)[C@@H]1COC(C)(C)O1. The van der Waals surface area contributed by atoms with E-state index in [2.05, 4.69) is 6.58 Å². The standard InChI is InChI=1S/C17H22O5/c1-4-13(14-11-21-17(2,3)22-14)15(16(18)19)20-10-12-8-6-5-7-9-12/h4-9,13-15H,1,10-11H2,2-3H3,(H,18,19)/t13?,14-,15?/m0/s1. The van der Waals surface area contributed by atoms with Gasteiger partial charge in [0.1, 0.15) is 0 Å². The molecule has 0 radical (unpaired) electrons. The van der Waals surface area contributed by atoms with Crippen LogP contribution in [0.5, 0.6) is 0 Å². The predicted octanol–water partition coefficient (Wildman–Crippen LogP) is 2.61. The summed E-state index contributed by atoms with van der Waals surface area (Å²) < 4.78 is 16.9. The van der Waals surface area contributed by atoms with Gasteiger partial charge in [0.2, 0.25) is 0 Å². The van der Waals surface area contributed by atoms with Crippen LogP contribution in [0.4, 0.5) is 0 Å². The van der Waals surface area contributed by atoms with Gasteiger partial charge in [0.05, 0.1) is 19.3 Å². The molecule has 2 rings (SSSR count). The average molecular weight is 306 g/mol. The van der Waals surface area contributed by atoms with Crippen molar-refractivity contribution in [1.29, 1.82) is 0 Å². The van der Waals surface area contributed by atoms with E-state index in [1.54, 1.807) is 19.9 Å². The highest BCUT2D eigenvalue weighted by molar-refractivity contribution is 5.73. The molecule has 1 aliphatic rings. The summed E-state index contributed by atoms with van der Waals surface area (Å²) in [4.78, 5) is 11.6. The Morgan fingerprint density at radius 3 is 2.68 bits per heavy atom. The van der Waals surface area contributed by atoms with E-state index in [-0.39, 0.29) is 12.7 Å². The lowest BCUT2D eigenvalue weighted by atomic mass is 9.96. The van der Waals surface area contributed by atoms with Crippen LogP contribution < -0.4 is 0 Å². The Bertz CT molecular complexity index is 511. The van der Waals surface area contributed by atoms with Crippen molar-refractivity contribution in [2.75, 3.05) is 6.61 Å². The second-order valence-corrected chi connectivity index (χ2v) is 5.74. The van der Waals surface area contributed by atoms with Crippen molar-refractivity contribution in [3.05, 3.63) is 48.6 Å². The van der Waals surface area contributed by atoms with E-state index in [9.17, 15) is 9.90 Å². The summed E-state index contributed by atoms with van der Waals surface area (Å²) in [5.74, 6) is -2.23. The molecular weight excluding hydrogens is 284 g/mol. The average Bonchev–Trinajstić information content (AvgIpc) is 2.84. The van der Waals surface area contributed by atoms with Crippen molar-refractivity contribution in [3.63, 3.8) is 0 Å². The third-order valence-electron chi connectivity index (χ3n) is 3.60. The molecule has 0 saturated carbocycles. The molecule has 22 heavy (non-hydrogen) atoms. The lowest BCUT2D eigenvalue weighted by Gasteiger charge is -2.26. The fourth-order valence-corrected chi connectivity index (χ4v) is 2.48. The minimum atomic E-state index is -1.03. The lowest BCUT2D eigenvalue weighted by Crippen LogP contribution is -2.40. The third kappa shape index (κ3) is 4.16. The predicted molar refractivity (Wildman–Crippen MR) is 81.2 cm³/mol. The van der Waals surface area contributed by atoms with Crippen molar-refractivity contribution in [3.8, 4) is 0 Å². The summed E-state index contributed by atoms with van der Waals surface area (Å²) in [7, 11) is 0. The van der Waals surface area contributed by atoms with Crippen molar-refractivity contribution in [1.82, 2.24) is 0 Å². The molecule has 1 N–H and O–H groups in total. The van der Waals surface area contributed by atoms with Crippen LogP contribution in [0.25, 0.3) is 0 Å². The molecule has 5 heteroatoms. The minimum Gasteiger partial charge on any atom is -0.479 e. The highest BCUT2D eigenvalue weighted by atomic mass is 16.7. The maximum atomic E-state index is 11.6. The van der Waals surface area contributed by atoms with Gasteiger partial charge in [-0.2, -0.15) is 0 Å². The molecule has 5 nitrogen and oxygen atoms in total. The monoisotopic (exact) mass is 306 g/mol. The number of carboxylic acids is 1. The Kier molecular flexibility index (Phi) is 5.34. The molecule has 0 spiro atoms. The molecule has 1 aromatic carbocycles. The lowest BCUT2D eigenvalue weighted by molar-refractivity contribution is -0.166. The molecule has 0 amide bonds. The Labute approximate surface area is 130 Å². The van der Waals surface area contributed by atoms with Gasteiger partial charge < -0.3 is 19.3 Å². The molecule has 120 valence electrons. The largest absolute Gasteiger partial charge is 0.479 e. The van der Waals surface area contributed by atoms with Crippen LogP contribution in [0.15, 0.2) is 43.0 Å². The number of hydrogen-bond donors (Lipinski definition) is 1. The first-order valence-corrected chi connectivity index (χ1v) is 7.25. The van der Waals surface area contributed by atoms with Gasteiger partial charge in [0.15, 0.2) is 11.9 Å². The van der Waals surface area contributed by atoms with Crippen LogP contribution in [0.3, 0.4) is 0 Å². The maximum Gasteiger partial charge on any atom is 0.333 e. The number of benzene rings is 1. The molecule has 1 fully saturated rings. The summed E-state index contributed by atoms with van der Waals surface area (Å²) >= 11 is 0. The molecule has 1 aliphatic heterocycles. The molecule has 1 heterocycles. The second-order valence-electron chi connectivity index (χ2n) is 5.74. The van der Waals surface area contributed by atoms with Crippen LogP contribution in [0, 0.1) is 5.92 Å². The first-order chi connectivity index (χ1) is 10.4. The number of ether oxygens (including phenoxy) is 3. The second kappa shape index (κ2) is 7.05. The van der Waals surface area contributed by atoms with Crippen LogP contribution in [-0.4, -0.2) is 35.7 Å².